The Morgan fingerprint density at radius 1 is 1.23 bits per heavy atom. The number of nitrogens with one attached hydrogen (secondary N) is 1. The van der Waals surface area contributed by atoms with Gasteiger partial charge in [0.2, 0.25) is 12.5 Å². The first-order valence-corrected chi connectivity index (χ1v) is 11.1. The van der Waals surface area contributed by atoms with E-state index in [1.165, 1.54) is 12.8 Å². The molecule has 1 saturated carbocycles. The number of hydrogen-bond acceptors (Lipinski definition) is 7. The number of piperidine rings is 1. The summed E-state index contributed by atoms with van der Waals surface area (Å²) in [5, 5.41) is 11.5. The molecule has 9 heteroatoms. The molecule has 1 aromatic carbocycles. The number of amides is 1. The predicted octanol–water partition coefficient (Wildman–Crippen LogP) is 2.52. The van der Waals surface area contributed by atoms with Gasteiger partial charge in [-0.3, -0.25) is 9.69 Å². The van der Waals surface area contributed by atoms with Crippen molar-refractivity contribution in [1.82, 2.24) is 25.2 Å². The van der Waals surface area contributed by atoms with E-state index in [-0.39, 0.29) is 24.8 Å². The zero-order valence-corrected chi connectivity index (χ0v) is 17.9. The van der Waals surface area contributed by atoms with Crippen molar-refractivity contribution in [2.75, 3.05) is 27.0 Å². The molecule has 1 atom stereocenters. The number of aromatic nitrogens is 3. The number of ether oxygens (including phenoxy) is 3. The van der Waals surface area contributed by atoms with Gasteiger partial charge < -0.3 is 19.5 Å². The lowest BCUT2D eigenvalue weighted by molar-refractivity contribution is 0.0932. The van der Waals surface area contributed by atoms with Gasteiger partial charge in [0.05, 0.1) is 19.3 Å². The molecule has 1 aromatic heterocycles. The summed E-state index contributed by atoms with van der Waals surface area (Å²) in [6.45, 7) is 2.87. The summed E-state index contributed by atoms with van der Waals surface area (Å²) in [5.74, 6) is 2.00. The SMILES string of the molecule is COc1cc(CN2CCCC(n3cc(C(=O)NC4CCCC4)nn3)C2)cc2c1OCO2. The second kappa shape index (κ2) is 8.74. The smallest absolute Gasteiger partial charge is 0.273 e. The van der Waals surface area contributed by atoms with Crippen LogP contribution in [-0.2, 0) is 6.54 Å². The molecule has 1 N–H and O–H groups in total. The van der Waals surface area contributed by atoms with Gasteiger partial charge >= 0.3 is 0 Å². The van der Waals surface area contributed by atoms with Gasteiger partial charge in [0.1, 0.15) is 0 Å². The normalized spacial score (nSPS) is 21.4. The number of carbonyl (C=O) groups excluding carboxylic acids is 1. The van der Waals surface area contributed by atoms with Gasteiger partial charge in [0, 0.05) is 19.1 Å². The van der Waals surface area contributed by atoms with E-state index in [2.05, 4.69) is 20.5 Å². The quantitative estimate of drug-likeness (QED) is 0.757. The molecule has 2 aliphatic heterocycles. The number of carbonyl (C=O) groups is 1. The van der Waals surface area contributed by atoms with Gasteiger partial charge in [-0.2, -0.15) is 0 Å². The van der Waals surface area contributed by atoms with Gasteiger partial charge in [-0.1, -0.05) is 18.1 Å². The summed E-state index contributed by atoms with van der Waals surface area (Å²) in [7, 11) is 1.64. The van der Waals surface area contributed by atoms with Gasteiger partial charge in [-0.25, -0.2) is 4.68 Å². The highest BCUT2D eigenvalue weighted by Gasteiger charge is 2.26. The maximum atomic E-state index is 12.5. The lowest BCUT2D eigenvalue weighted by atomic mass is 10.0. The van der Waals surface area contributed by atoms with Crippen LogP contribution in [0.2, 0.25) is 0 Å². The van der Waals surface area contributed by atoms with Gasteiger partial charge in [-0.05, 0) is 49.9 Å². The fraction of sp³-hybridized carbons (Fsp3) is 0.591. The molecule has 1 aliphatic carbocycles. The van der Waals surface area contributed by atoms with Crippen LogP contribution in [0.1, 0.15) is 60.6 Å². The van der Waals surface area contributed by atoms with Gasteiger partial charge in [0.25, 0.3) is 5.91 Å². The fourth-order valence-corrected chi connectivity index (χ4v) is 4.81. The largest absolute Gasteiger partial charge is 0.493 e. The third-order valence-corrected chi connectivity index (χ3v) is 6.41. The van der Waals surface area contributed by atoms with Crippen LogP contribution >= 0.6 is 0 Å². The van der Waals surface area contributed by atoms with Crippen molar-refractivity contribution < 1.29 is 19.0 Å². The summed E-state index contributed by atoms with van der Waals surface area (Å²) in [6.07, 6.45) is 8.37. The molecule has 0 bridgehead atoms. The number of methoxy groups -OCH3 is 1. The highest BCUT2D eigenvalue weighted by molar-refractivity contribution is 5.92. The molecule has 0 spiro atoms. The van der Waals surface area contributed by atoms with Crippen LogP contribution in [0.25, 0.3) is 0 Å². The molecule has 1 saturated heterocycles. The highest BCUT2D eigenvalue weighted by Crippen LogP contribution is 2.42. The Labute approximate surface area is 181 Å². The maximum absolute atomic E-state index is 12.5. The first-order valence-electron chi connectivity index (χ1n) is 11.1. The van der Waals surface area contributed by atoms with Crippen molar-refractivity contribution in [3.05, 3.63) is 29.6 Å². The van der Waals surface area contributed by atoms with E-state index < -0.39 is 0 Å². The summed E-state index contributed by atoms with van der Waals surface area (Å²) in [5.41, 5.74) is 1.53. The minimum Gasteiger partial charge on any atom is -0.493 e. The summed E-state index contributed by atoms with van der Waals surface area (Å²) in [6, 6.07) is 4.51. The molecule has 2 aromatic rings. The van der Waals surface area contributed by atoms with E-state index in [4.69, 9.17) is 14.2 Å². The lowest BCUT2D eigenvalue weighted by Crippen LogP contribution is -2.36. The van der Waals surface area contributed by atoms with Gasteiger partial charge in [-0.15, -0.1) is 5.10 Å². The monoisotopic (exact) mass is 427 g/mol. The van der Waals surface area contributed by atoms with Crippen molar-refractivity contribution in [1.29, 1.82) is 0 Å². The number of nitrogens with zero attached hydrogens (tertiary/aromatic N) is 4. The molecule has 1 amide bonds. The number of fused-ring (bicyclic) bond motifs is 1. The summed E-state index contributed by atoms with van der Waals surface area (Å²) >= 11 is 0. The number of likely N-dealkylation sites (tertiary alicyclic amines) is 1. The van der Waals surface area contributed by atoms with Crippen LogP contribution < -0.4 is 19.5 Å². The van der Waals surface area contributed by atoms with Crippen molar-refractivity contribution in [3.63, 3.8) is 0 Å². The topological polar surface area (TPSA) is 90.7 Å². The van der Waals surface area contributed by atoms with E-state index in [1.54, 1.807) is 13.3 Å². The Hall–Kier alpha value is -2.81. The van der Waals surface area contributed by atoms with E-state index in [9.17, 15) is 4.79 Å². The Kier molecular flexibility index (Phi) is 5.67. The van der Waals surface area contributed by atoms with Crippen LogP contribution in [0, 0.1) is 0 Å². The second-order valence-corrected chi connectivity index (χ2v) is 8.60. The zero-order chi connectivity index (χ0) is 21.2. The first kappa shape index (κ1) is 20.1. The van der Waals surface area contributed by atoms with Gasteiger partial charge in [0.15, 0.2) is 17.2 Å². The van der Waals surface area contributed by atoms with Crippen molar-refractivity contribution >= 4 is 5.91 Å². The minimum atomic E-state index is -0.113. The van der Waals surface area contributed by atoms with E-state index >= 15 is 0 Å². The Balaban J connectivity index is 1.23. The van der Waals surface area contributed by atoms with E-state index in [1.807, 2.05) is 16.8 Å². The Bertz CT molecular complexity index is 940. The van der Waals surface area contributed by atoms with Crippen LogP contribution in [0.5, 0.6) is 17.2 Å². The number of benzene rings is 1. The predicted molar refractivity (Wildman–Crippen MR) is 112 cm³/mol. The standard InChI is InChI=1S/C22H29N5O4/c1-29-19-9-15(10-20-21(19)31-14-30-20)11-26-8-4-7-17(12-26)27-13-18(24-25-27)22(28)23-16-5-2-3-6-16/h9-10,13,16-17H,2-8,11-12,14H2,1H3,(H,23,28). The second-order valence-electron chi connectivity index (χ2n) is 8.60. The fourth-order valence-electron chi connectivity index (χ4n) is 4.81. The average Bonchev–Trinajstić information content (AvgIpc) is 3.54. The maximum Gasteiger partial charge on any atom is 0.273 e. The molecule has 0 radical (unpaired) electrons. The third-order valence-electron chi connectivity index (χ3n) is 6.41. The van der Waals surface area contributed by atoms with Crippen molar-refractivity contribution in [3.8, 4) is 17.2 Å². The van der Waals surface area contributed by atoms with Crippen molar-refractivity contribution in [2.24, 2.45) is 0 Å². The Morgan fingerprint density at radius 3 is 2.94 bits per heavy atom. The molecule has 1 unspecified atom stereocenters. The molecular weight excluding hydrogens is 398 g/mol. The van der Waals surface area contributed by atoms with Crippen LogP contribution in [0.4, 0.5) is 0 Å². The molecule has 5 rings (SSSR count). The third kappa shape index (κ3) is 4.32. The van der Waals surface area contributed by atoms with E-state index in [0.29, 0.717) is 17.2 Å². The number of hydrogen-bond donors (Lipinski definition) is 1. The molecule has 3 heterocycles. The van der Waals surface area contributed by atoms with Crippen LogP contribution in [0.3, 0.4) is 0 Å². The molecule has 2 fully saturated rings. The minimum absolute atomic E-state index is 0.113. The molecule has 9 nitrogen and oxygen atoms in total. The zero-order valence-electron chi connectivity index (χ0n) is 17.9. The summed E-state index contributed by atoms with van der Waals surface area (Å²) in [4.78, 5) is 14.9. The van der Waals surface area contributed by atoms with Crippen molar-refractivity contribution in [2.45, 2.75) is 57.2 Å². The Morgan fingerprint density at radius 2 is 2.10 bits per heavy atom. The highest BCUT2D eigenvalue weighted by atomic mass is 16.7. The molecular formula is C22H29N5O4. The molecule has 31 heavy (non-hydrogen) atoms. The molecule has 3 aliphatic rings. The van der Waals surface area contributed by atoms with Crippen LogP contribution in [0.15, 0.2) is 18.3 Å². The molecule has 166 valence electrons. The van der Waals surface area contributed by atoms with Crippen LogP contribution in [-0.4, -0.2) is 58.8 Å². The van der Waals surface area contributed by atoms with E-state index in [0.717, 1.165) is 56.6 Å². The number of rotatable bonds is 6. The lowest BCUT2D eigenvalue weighted by Gasteiger charge is -2.32. The average molecular weight is 428 g/mol. The first-order chi connectivity index (χ1) is 15.2. The summed E-state index contributed by atoms with van der Waals surface area (Å²) < 4.78 is 18.4.